The number of hydrogen-bond acceptors (Lipinski definition) is 4. The molecule has 3 aliphatic rings. The Balaban J connectivity index is 1.57. The lowest BCUT2D eigenvalue weighted by atomic mass is 10.00. The van der Waals surface area contributed by atoms with Crippen molar-refractivity contribution >= 4 is 5.78 Å². The first-order chi connectivity index (χ1) is 9.83. The molecule has 2 saturated heterocycles. The van der Waals surface area contributed by atoms with Crippen molar-refractivity contribution in [3.8, 4) is 5.75 Å². The number of fused-ring (bicyclic) bond motifs is 2. The lowest BCUT2D eigenvalue weighted by Gasteiger charge is -2.34. The largest absolute Gasteiger partial charge is 0.492 e. The highest BCUT2D eigenvalue weighted by Crippen LogP contribution is 2.32. The number of carbonyl (C=O) groups is 1. The van der Waals surface area contributed by atoms with E-state index in [2.05, 4.69) is 4.90 Å². The normalized spacial score (nSPS) is 28.8. The zero-order chi connectivity index (χ0) is 13.5. The average molecular weight is 273 g/mol. The molecule has 106 valence electrons. The summed E-state index contributed by atoms with van der Waals surface area (Å²) in [6.45, 7) is 3.19. The standard InChI is InChI=1S/C16H19NO3/c18-15(13-5-1-3-11-6-8-19-16(11)13)14-9-17-7-2-4-12(17)10-20-14/h1,3,5,12,14H,2,4,6-10H2. The average Bonchev–Trinajstić information content (AvgIpc) is 3.13. The number of rotatable bonds is 2. The Hall–Kier alpha value is -1.39. The fourth-order valence-electron chi connectivity index (χ4n) is 3.56. The monoisotopic (exact) mass is 273 g/mol. The summed E-state index contributed by atoms with van der Waals surface area (Å²) in [6, 6.07) is 6.38. The number of hydrogen-bond donors (Lipinski definition) is 0. The van der Waals surface area contributed by atoms with Crippen LogP contribution >= 0.6 is 0 Å². The SMILES string of the molecule is O=C(c1cccc2c1OCC2)C1CN2CCCC2CO1. The van der Waals surface area contributed by atoms with Crippen molar-refractivity contribution in [3.05, 3.63) is 29.3 Å². The lowest BCUT2D eigenvalue weighted by molar-refractivity contribution is -0.0345. The summed E-state index contributed by atoms with van der Waals surface area (Å²) in [5, 5.41) is 0. The van der Waals surface area contributed by atoms with Gasteiger partial charge >= 0.3 is 0 Å². The van der Waals surface area contributed by atoms with E-state index in [4.69, 9.17) is 9.47 Å². The van der Waals surface area contributed by atoms with Crippen LogP contribution in [0.1, 0.15) is 28.8 Å². The van der Waals surface area contributed by atoms with Gasteiger partial charge in [-0.3, -0.25) is 9.69 Å². The first-order valence-electron chi connectivity index (χ1n) is 7.47. The van der Waals surface area contributed by atoms with Crippen molar-refractivity contribution in [3.63, 3.8) is 0 Å². The van der Waals surface area contributed by atoms with Crippen LogP contribution in [-0.2, 0) is 11.2 Å². The predicted octanol–water partition coefficient (Wildman–Crippen LogP) is 1.67. The zero-order valence-electron chi connectivity index (χ0n) is 11.5. The Morgan fingerprint density at radius 1 is 1.35 bits per heavy atom. The van der Waals surface area contributed by atoms with Crippen LogP contribution in [0.5, 0.6) is 5.75 Å². The van der Waals surface area contributed by atoms with Gasteiger partial charge in [0, 0.05) is 19.0 Å². The van der Waals surface area contributed by atoms with Crippen molar-refractivity contribution in [2.75, 3.05) is 26.3 Å². The summed E-state index contributed by atoms with van der Waals surface area (Å²) in [5.74, 6) is 0.860. The van der Waals surface area contributed by atoms with E-state index in [0.717, 1.165) is 30.8 Å². The molecule has 1 aromatic rings. The van der Waals surface area contributed by atoms with E-state index >= 15 is 0 Å². The minimum atomic E-state index is -0.333. The highest BCUT2D eigenvalue weighted by Gasteiger charge is 2.36. The fraction of sp³-hybridized carbons (Fsp3) is 0.562. The van der Waals surface area contributed by atoms with Gasteiger partial charge in [0.15, 0.2) is 5.78 Å². The smallest absolute Gasteiger partial charge is 0.196 e. The summed E-state index contributed by atoms with van der Waals surface area (Å²) >= 11 is 0. The summed E-state index contributed by atoms with van der Waals surface area (Å²) in [6.07, 6.45) is 2.99. The van der Waals surface area contributed by atoms with Gasteiger partial charge in [-0.05, 0) is 31.0 Å². The molecule has 2 atom stereocenters. The molecule has 3 heterocycles. The van der Waals surface area contributed by atoms with Crippen LogP contribution in [-0.4, -0.2) is 49.1 Å². The number of benzene rings is 1. The van der Waals surface area contributed by atoms with Gasteiger partial charge in [-0.15, -0.1) is 0 Å². The predicted molar refractivity (Wildman–Crippen MR) is 74.3 cm³/mol. The summed E-state index contributed by atoms with van der Waals surface area (Å²) in [4.78, 5) is 15.1. The van der Waals surface area contributed by atoms with Crippen molar-refractivity contribution < 1.29 is 14.3 Å². The fourth-order valence-corrected chi connectivity index (χ4v) is 3.56. The molecule has 0 amide bonds. The van der Waals surface area contributed by atoms with Crippen LogP contribution in [0.4, 0.5) is 0 Å². The molecule has 0 spiro atoms. The third-order valence-corrected chi connectivity index (χ3v) is 4.66. The molecule has 4 heteroatoms. The third kappa shape index (κ3) is 1.95. The molecule has 4 rings (SSSR count). The maximum Gasteiger partial charge on any atom is 0.196 e. The second kappa shape index (κ2) is 4.86. The molecule has 4 nitrogen and oxygen atoms in total. The Morgan fingerprint density at radius 2 is 2.30 bits per heavy atom. The van der Waals surface area contributed by atoms with Crippen LogP contribution in [0.25, 0.3) is 0 Å². The van der Waals surface area contributed by atoms with Gasteiger partial charge < -0.3 is 9.47 Å². The van der Waals surface area contributed by atoms with E-state index in [9.17, 15) is 4.79 Å². The van der Waals surface area contributed by atoms with E-state index in [-0.39, 0.29) is 11.9 Å². The topological polar surface area (TPSA) is 38.8 Å². The van der Waals surface area contributed by atoms with E-state index in [1.165, 1.54) is 12.8 Å². The Bertz CT molecular complexity index is 543. The van der Waals surface area contributed by atoms with Crippen molar-refractivity contribution in [2.24, 2.45) is 0 Å². The number of ether oxygens (including phenoxy) is 2. The maximum atomic E-state index is 12.7. The molecule has 2 unspecified atom stereocenters. The molecule has 0 aromatic heterocycles. The van der Waals surface area contributed by atoms with Crippen LogP contribution < -0.4 is 4.74 Å². The summed E-state index contributed by atoms with van der Waals surface area (Å²) < 4.78 is 11.5. The van der Waals surface area contributed by atoms with E-state index in [1.807, 2.05) is 18.2 Å². The molecule has 0 bridgehead atoms. The highest BCUT2D eigenvalue weighted by atomic mass is 16.5. The zero-order valence-corrected chi connectivity index (χ0v) is 11.5. The van der Waals surface area contributed by atoms with Crippen molar-refractivity contribution in [1.29, 1.82) is 0 Å². The van der Waals surface area contributed by atoms with Crippen LogP contribution in [0, 0.1) is 0 Å². The number of ketones is 1. The van der Waals surface area contributed by atoms with Crippen LogP contribution in [0.15, 0.2) is 18.2 Å². The first-order valence-corrected chi connectivity index (χ1v) is 7.47. The Kier molecular flexibility index (Phi) is 3.00. The minimum Gasteiger partial charge on any atom is -0.492 e. The Morgan fingerprint density at radius 3 is 3.25 bits per heavy atom. The molecule has 0 radical (unpaired) electrons. The number of nitrogens with zero attached hydrogens (tertiary/aromatic N) is 1. The molecule has 0 saturated carbocycles. The second-order valence-corrected chi connectivity index (χ2v) is 5.87. The molecular weight excluding hydrogens is 254 g/mol. The van der Waals surface area contributed by atoms with E-state index in [1.54, 1.807) is 0 Å². The van der Waals surface area contributed by atoms with E-state index < -0.39 is 0 Å². The lowest BCUT2D eigenvalue weighted by Crippen LogP contribution is -2.49. The molecular formula is C16H19NO3. The summed E-state index contributed by atoms with van der Waals surface area (Å²) in [5.41, 5.74) is 1.84. The third-order valence-electron chi connectivity index (χ3n) is 4.66. The van der Waals surface area contributed by atoms with Crippen LogP contribution in [0.3, 0.4) is 0 Å². The van der Waals surface area contributed by atoms with E-state index in [0.29, 0.717) is 24.8 Å². The molecule has 0 aliphatic carbocycles. The highest BCUT2D eigenvalue weighted by molar-refractivity contribution is 6.02. The maximum absolute atomic E-state index is 12.7. The van der Waals surface area contributed by atoms with Gasteiger partial charge in [0.25, 0.3) is 0 Å². The quantitative estimate of drug-likeness (QED) is 0.768. The van der Waals surface area contributed by atoms with Gasteiger partial charge in [-0.2, -0.15) is 0 Å². The summed E-state index contributed by atoms with van der Waals surface area (Å²) in [7, 11) is 0. The molecule has 1 aromatic carbocycles. The molecule has 0 N–H and O–H groups in total. The number of para-hydroxylation sites is 1. The molecule has 2 fully saturated rings. The van der Waals surface area contributed by atoms with Gasteiger partial charge in [-0.25, -0.2) is 0 Å². The molecule has 20 heavy (non-hydrogen) atoms. The van der Waals surface area contributed by atoms with Gasteiger partial charge in [-0.1, -0.05) is 12.1 Å². The Labute approximate surface area is 118 Å². The number of Topliss-reactive ketones (excluding diaryl/α,β-unsaturated/α-hetero) is 1. The number of carbonyl (C=O) groups excluding carboxylic acids is 1. The van der Waals surface area contributed by atoms with Gasteiger partial charge in [0.2, 0.25) is 0 Å². The van der Waals surface area contributed by atoms with Gasteiger partial charge in [0.05, 0.1) is 18.8 Å². The van der Waals surface area contributed by atoms with Gasteiger partial charge in [0.1, 0.15) is 11.9 Å². The number of morpholine rings is 1. The second-order valence-electron chi connectivity index (χ2n) is 5.87. The van der Waals surface area contributed by atoms with Crippen LogP contribution in [0.2, 0.25) is 0 Å². The van der Waals surface area contributed by atoms with Crippen molar-refractivity contribution in [1.82, 2.24) is 4.90 Å². The molecule has 3 aliphatic heterocycles. The first kappa shape index (κ1) is 12.4. The van der Waals surface area contributed by atoms with Crippen molar-refractivity contribution in [2.45, 2.75) is 31.4 Å². The minimum absolute atomic E-state index is 0.0779.